The smallest absolute Gasteiger partial charge is 0.231 e. The number of nitrogens with one attached hydrogen (secondary N) is 2. The number of thiocarbonyl (C=S) groups is 1. The Morgan fingerprint density at radius 1 is 1.03 bits per heavy atom. The third-order valence-corrected chi connectivity index (χ3v) is 5.26. The Kier molecular flexibility index (Phi) is 6.16. The number of piperazine rings is 1. The van der Waals surface area contributed by atoms with E-state index in [0.29, 0.717) is 13.1 Å². The van der Waals surface area contributed by atoms with Gasteiger partial charge in [-0.3, -0.25) is 10.3 Å². The van der Waals surface area contributed by atoms with Gasteiger partial charge in [0.25, 0.3) is 0 Å². The Bertz CT molecular complexity index is 938. The molecule has 4 rings (SSSR count). The number of fused-ring (bicyclic) bond motifs is 1. The van der Waals surface area contributed by atoms with Crippen LogP contribution in [0.1, 0.15) is 11.1 Å². The Labute approximate surface area is 178 Å². The van der Waals surface area contributed by atoms with E-state index in [-0.39, 0.29) is 29.7 Å². The molecule has 0 aromatic heterocycles. The molecule has 0 atom stereocenters. The van der Waals surface area contributed by atoms with E-state index in [1.54, 1.807) is 0 Å². The average molecular weight is 436 g/mol. The van der Waals surface area contributed by atoms with Gasteiger partial charge in [0.2, 0.25) is 6.79 Å². The lowest BCUT2D eigenvalue weighted by Crippen LogP contribution is -2.46. The predicted molar refractivity (Wildman–Crippen MR) is 113 cm³/mol. The van der Waals surface area contributed by atoms with E-state index in [0.717, 1.165) is 36.7 Å². The van der Waals surface area contributed by atoms with Gasteiger partial charge < -0.3 is 20.1 Å². The second kappa shape index (κ2) is 8.99. The van der Waals surface area contributed by atoms with Gasteiger partial charge in [-0.15, -0.1) is 0 Å². The van der Waals surface area contributed by atoms with E-state index in [9.17, 15) is 8.78 Å². The molecule has 2 aliphatic heterocycles. The van der Waals surface area contributed by atoms with Crippen LogP contribution in [0.4, 0.5) is 14.5 Å². The van der Waals surface area contributed by atoms with E-state index in [1.807, 2.05) is 23.1 Å². The highest BCUT2D eigenvalue weighted by Crippen LogP contribution is 2.33. The second-order valence-corrected chi connectivity index (χ2v) is 7.63. The molecule has 10 heteroatoms. The highest BCUT2D eigenvalue weighted by atomic mass is 32.1. The van der Waals surface area contributed by atoms with Crippen LogP contribution >= 0.6 is 12.2 Å². The van der Waals surface area contributed by atoms with Crippen molar-refractivity contribution in [3.8, 4) is 11.5 Å². The van der Waals surface area contributed by atoms with Gasteiger partial charge in [-0.05, 0) is 36.0 Å². The third kappa shape index (κ3) is 4.72. The molecule has 2 aromatic carbocycles. The van der Waals surface area contributed by atoms with Crippen LogP contribution in [0.25, 0.3) is 0 Å². The number of rotatable bonds is 6. The molecule has 0 aliphatic carbocycles. The minimum atomic E-state index is -0.480. The quantitative estimate of drug-likeness (QED) is 0.469. The fraction of sp³-hybridized carbons (Fsp3) is 0.350. The molecule has 1 saturated heterocycles. The molecule has 2 heterocycles. The van der Waals surface area contributed by atoms with Crippen LogP contribution in [-0.4, -0.2) is 43.0 Å². The molecule has 0 unspecified atom stereocenters. The van der Waals surface area contributed by atoms with E-state index in [4.69, 9.17) is 15.2 Å². The summed E-state index contributed by atoms with van der Waals surface area (Å²) in [6.07, 6.45) is 0. The lowest BCUT2D eigenvalue weighted by atomic mass is 10.1. The summed E-state index contributed by atoms with van der Waals surface area (Å²) >= 11 is 4.66. The molecule has 160 valence electrons. The third-order valence-electron chi connectivity index (χ3n) is 5.16. The fourth-order valence-electron chi connectivity index (χ4n) is 3.63. The highest BCUT2D eigenvalue weighted by molar-refractivity contribution is 7.80. The molecular formula is C20H23F2N5O2S. The zero-order chi connectivity index (χ0) is 21.1. The molecule has 0 radical (unpaired) electrons. The van der Waals surface area contributed by atoms with Gasteiger partial charge in [0, 0.05) is 50.9 Å². The summed E-state index contributed by atoms with van der Waals surface area (Å²) in [5.74, 6) is 0.599. The summed E-state index contributed by atoms with van der Waals surface area (Å²) < 4.78 is 39.8. The largest absolute Gasteiger partial charge is 0.454 e. The molecule has 7 nitrogen and oxygen atoms in total. The number of nitrogens with two attached hydrogens (primary N) is 1. The van der Waals surface area contributed by atoms with Crippen LogP contribution in [-0.2, 0) is 13.1 Å². The normalized spacial score (nSPS) is 16.0. The van der Waals surface area contributed by atoms with E-state index >= 15 is 0 Å². The molecule has 0 spiro atoms. The number of hydrogen-bond acceptors (Lipinski definition) is 6. The van der Waals surface area contributed by atoms with Crippen LogP contribution in [0.2, 0.25) is 0 Å². The van der Waals surface area contributed by atoms with Crippen molar-refractivity contribution in [2.24, 2.45) is 5.73 Å². The van der Waals surface area contributed by atoms with Gasteiger partial charge in [-0.2, -0.15) is 0 Å². The number of hydrazine groups is 1. The molecule has 30 heavy (non-hydrogen) atoms. The maximum atomic E-state index is 14.6. The van der Waals surface area contributed by atoms with Gasteiger partial charge >= 0.3 is 0 Å². The summed E-state index contributed by atoms with van der Waals surface area (Å²) in [6.45, 7) is 3.80. The average Bonchev–Trinajstić information content (AvgIpc) is 3.19. The molecule has 2 aromatic rings. The minimum Gasteiger partial charge on any atom is -0.454 e. The SMILES string of the molecule is NC(=S)NNCc1cc(F)c(N2CCN(Cc3ccc4c(c3)OCO4)CC2)cc1F. The number of benzene rings is 2. The first-order valence-corrected chi connectivity index (χ1v) is 10.0. The van der Waals surface area contributed by atoms with Crippen molar-refractivity contribution >= 4 is 23.0 Å². The Balaban J connectivity index is 1.34. The first-order chi connectivity index (χ1) is 14.5. The lowest BCUT2D eigenvalue weighted by Gasteiger charge is -2.36. The molecular weight excluding hydrogens is 412 g/mol. The Morgan fingerprint density at radius 3 is 2.57 bits per heavy atom. The van der Waals surface area contributed by atoms with E-state index in [1.165, 1.54) is 12.1 Å². The lowest BCUT2D eigenvalue weighted by molar-refractivity contribution is 0.174. The van der Waals surface area contributed by atoms with Gasteiger partial charge in [0.1, 0.15) is 11.6 Å². The molecule has 0 bridgehead atoms. The van der Waals surface area contributed by atoms with Crippen LogP contribution in [0.15, 0.2) is 30.3 Å². The second-order valence-electron chi connectivity index (χ2n) is 7.19. The van der Waals surface area contributed by atoms with Crippen molar-refractivity contribution in [2.45, 2.75) is 13.1 Å². The molecule has 0 saturated carbocycles. The number of nitrogens with zero attached hydrogens (tertiary/aromatic N) is 2. The summed E-state index contributed by atoms with van der Waals surface area (Å²) in [5.41, 5.74) is 12.1. The molecule has 2 aliphatic rings. The fourth-order valence-corrected chi connectivity index (χ4v) is 3.70. The minimum absolute atomic E-state index is 0.0334. The highest BCUT2D eigenvalue weighted by Gasteiger charge is 2.22. The van der Waals surface area contributed by atoms with Crippen molar-refractivity contribution in [1.29, 1.82) is 0 Å². The van der Waals surface area contributed by atoms with Crippen LogP contribution in [0, 0.1) is 11.6 Å². The molecule has 1 fully saturated rings. The Hall–Kier alpha value is -2.69. The van der Waals surface area contributed by atoms with Crippen LogP contribution < -0.4 is 31.0 Å². The maximum Gasteiger partial charge on any atom is 0.231 e. The molecule has 4 N–H and O–H groups in total. The standard InChI is InChI=1S/C20H23F2N5O2S/c21-15-9-17(16(22)8-14(15)10-24-25-20(23)30)27-5-3-26(4-6-27)11-13-1-2-18-19(7-13)29-12-28-18/h1-2,7-9,24H,3-6,10-12H2,(H3,23,25,30). The van der Waals surface area contributed by atoms with Crippen molar-refractivity contribution in [3.05, 3.63) is 53.1 Å². The van der Waals surface area contributed by atoms with Crippen molar-refractivity contribution < 1.29 is 18.3 Å². The topological polar surface area (TPSA) is 75.0 Å². The van der Waals surface area contributed by atoms with Crippen LogP contribution in [0.3, 0.4) is 0 Å². The predicted octanol–water partition coefficient (Wildman–Crippen LogP) is 1.85. The zero-order valence-electron chi connectivity index (χ0n) is 16.3. The number of hydrogen-bond donors (Lipinski definition) is 3. The van der Waals surface area contributed by atoms with Gasteiger partial charge in [-0.1, -0.05) is 6.07 Å². The summed E-state index contributed by atoms with van der Waals surface area (Å²) in [4.78, 5) is 4.15. The Morgan fingerprint density at radius 2 is 1.80 bits per heavy atom. The van der Waals surface area contributed by atoms with Crippen molar-refractivity contribution in [2.75, 3.05) is 37.9 Å². The van der Waals surface area contributed by atoms with Crippen molar-refractivity contribution in [1.82, 2.24) is 15.8 Å². The van der Waals surface area contributed by atoms with E-state index < -0.39 is 11.6 Å². The summed E-state index contributed by atoms with van der Waals surface area (Å²) in [5, 5.41) is 0.0334. The van der Waals surface area contributed by atoms with Gasteiger partial charge in [-0.25, -0.2) is 14.2 Å². The van der Waals surface area contributed by atoms with Crippen molar-refractivity contribution in [3.63, 3.8) is 0 Å². The van der Waals surface area contributed by atoms with Gasteiger partial charge in [0.15, 0.2) is 16.6 Å². The summed E-state index contributed by atoms with van der Waals surface area (Å²) in [6, 6.07) is 8.38. The zero-order valence-corrected chi connectivity index (χ0v) is 17.1. The number of ether oxygens (including phenoxy) is 2. The molecule has 0 amide bonds. The number of anilines is 1. The van der Waals surface area contributed by atoms with Crippen LogP contribution in [0.5, 0.6) is 11.5 Å². The van der Waals surface area contributed by atoms with Gasteiger partial charge in [0.05, 0.1) is 5.69 Å². The first-order valence-electron chi connectivity index (χ1n) is 9.61. The summed E-state index contributed by atoms with van der Waals surface area (Å²) in [7, 11) is 0. The van der Waals surface area contributed by atoms with E-state index in [2.05, 4.69) is 28.0 Å². The number of halogens is 2. The first kappa shape index (κ1) is 20.6. The monoisotopic (exact) mass is 435 g/mol. The maximum absolute atomic E-state index is 14.6.